The molecule has 0 aromatic heterocycles. The van der Waals surface area contributed by atoms with Crippen molar-refractivity contribution in [2.24, 2.45) is 0 Å². The molecule has 1 fully saturated rings. The SMILES string of the molecule is CC(C)c1ccc([C@@H](CO)N2CCNCC2)cc1.Cl. The lowest BCUT2D eigenvalue weighted by Crippen LogP contribution is -2.46. The summed E-state index contributed by atoms with van der Waals surface area (Å²) in [7, 11) is 0. The lowest BCUT2D eigenvalue weighted by atomic mass is 9.98. The minimum atomic E-state index is 0. The highest BCUT2D eigenvalue weighted by Crippen LogP contribution is 2.23. The van der Waals surface area contributed by atoms with Crippen LogP contribution in [0.3, 0.4) is 0 Å². The van der Waals surface area contributed by atoms with Crippen LogP contribution >= 0.6 is 12.4 Å². The zero-order chi connectivity index (χ0) is 13.0. The third-order valence-corrected chi connectivity index (χ3v) is 3.75. The molecular weight excluding hydrogens is 260 g/mol. The van der Waals surface area contributed by atoms with Crippen LogP contribution in [0, 0.1) is 0 Å². The van der Waals surface area contributed by atoms with Gasteiger partial charge in [0, 0.05) is 26.2 Å². The number of hydrogen-bond acceptors (Lipinski definition) is 3. The first kappa shape index (κ1) is 16.4. The van der Waals surface area contributed by atoms with Gasteiger partial charge in [-0.25, -0.2) is 0 Å². The van der Waals surface area contributed by atoms with Crippen molar-refractivity contribution in [3.63, 3.8) is 0 Å². The van der Waals surface area contributed by atoms with Gasteiger partial charge in [-0.05, 0) is 17.0 Å². The maximum atomic E-state index is 9.65. The topological polar surface area (TPSA) is 35.5 Å². The van der Waals surface area contributed by atoms with Crippen molar-refractivity contribution >= 4 is 12.4 Å². The summed E-state index contributed by atoms with van der Waals surface area (Å²) in [4.78, 5) is 2.36. The quantitative estimate of drug-likeness (QED) is 0.890. The second-order valence-electron chi connectivity index (χ2n) is 5.31. The maximum absolute atomic E-state index is 9.65. The smallest absolute Gasteiger partial charge is 0.0628 e. The van der Waals surface area contributed by atoms with E-state index in [0.717, 1.165) is 26.2 Å². The lowest BCUT2D eigenvalue weighted by molar-refractivity contribution is 0.111. The summed E-state index contributed by atoms with van der Waals surface area (Å²) in [6, 6.07) is 8.85. The van der Waals surface area contributed by atoms with E-state index in [-0.39, 0.29) is 25.1 Å². The van der Waals surface area contributed by atoms with Crippen molar-refractivity contribution < 1.29 is 5.11 Å². The predicted molar refractivity (Wildman–Crippen MR) is 82.0 cm³/mol. The van der Waals surface area contributed by atoms with Crippen molar-refractivity contribution in [1.29, 1.82) is 0 Å². The Hall–Kier alpha value is -0.610. The van der Waals surface area contributed by atoms with Gasteiger partial charge in [0.15, 0.2) is 0 Å². The molecule has 0 bridgehead atoms. The van der Waals surface area contributed by atoms with Crippen LogP contribution in [0.15, 0.2) is 24.3 Å². The Labute approximate surface area is 122 Å². The van der Waals surface area contributed by atoms with Gasteiger partial charge in [-0.2, -0.15) is 0 Å². The number of aliphatic hydroxyl groups is 1. The second kappa shape index (κ2) is 7.85. The number of benzene rings is 1. The molecule has 2 rings (SSSR count). The largest absolute Gasteiger partial charge is 0.394 e. The summed E-state index contributed by atoms with van der Waals surface area (Å²) >= 11 is 0. The van der Waals surface area contributed by atoms with Crippen LogP contribution in [-0.4, -0.2) is 42.8 Å². The fourth-order valence-electron chi connectivity index (χ4n) is 2.53. The molecule has 1 aliphatic rings. The van der Waals surface area contributed by atoms with Crippen molar-refractivity contribution in [2.75, 3.05) is 32.8 Å². The summed E-state index contributed by atoms with van der Waals surface area (Å²) in [5, 5.41) is 13.0. The van der Waals surface area contributed by atoms with E-state index in [2.05, 4.69) is 48.3 Å². The van der Waals surface area contributed by atoms with Gasteiger partial charge >= 0.3 is 0 Å². The van der Waals surface area contributed by atoms with Crippen LogP contribution in [0.1, 0.15) is 36.9 Å². The number of piperazine rings is 1. The van der Waals surface area contributed by atoms with Crippen LogP contribution in [0.2, 0.25) is 0 Å². The number of aliphatic hydroxyl groups excluding tert-OH is 1. The maximum Gasteiger partial charge on any atom is 0.0628 e. The molecular formula is C15H25ClN2O. The molecule has 0 unspecified atom stereocenters. The van der Waals surface area contributed by atoms with Crippen LogP contribution in [0.5, 0.6) is 0 Å². The Morgan fingerprint density at radius 2 is 1.63 bits per heavy atom. The molecule has 1 aromatic carbocycles. The number of nitrogens with zero attached hydrogens (tertiary/aromatic N) is 1. The second-order valence-corrected chi connectivity index (χ2v) is 5.31. The minimum absolute atomic E-state index is 0. The van der Waals surface area contributed by atoms with Crippen molar-refractivity contribution in [2.45, 2.75) is 25.8 Å². The zero-order valence-electron chi connectivity index (χ0n) is 11.8. The highest BCUT2D eigenvalue weighted by molar-refractivity contribution is 5.85. The molecule has 19 heavy (non-hydrogen) atoms. The molecule has 0 aliphatic carbocycles. The van der Waals surface area contributed by atoms with Gasteiger partial charge in [-0.15, -0.1) is 12.4 Å². The van der Waals surface area contributed by atoms with Crippen LogP contribution < -0.4 is 5.32 Å². The standard InChI is InChI=1S/C15H24N2O.ClH/c1-12(2)13-3-5-14(6-4-13)15(11-18)17-9-7-16-8-10-17;/h3-6,12,15-16,18H,7-11H2,1-2H3;1H/t15-;/m1./s1. The van der Waals surface area contributed by atoms with Gasteiger partial charge in [0.2, 0.25) is 0 Å². The number of rotatable bonds is 4. The van der Waals surface area contributed by atoms with Crippen LogP contribution in [0.4, 0.5) is 0 Å². The Morgan fingerprint density at radius 3 is 2.11 bits per heavy atom. The van der Waals surface area contributed by atoms with E-state index in [4.69, 9.17) is 0 Å². The summed E-state index contributed by atoms with van der Waals surface area (Å²) in [6.07, 6.45) is 0. The molecule has 0 spiro atoms. The molecule has 4 heteroatoms. The van der Waals surface area contributed by atoms with E-state index in [1.165, 1.54) is 11.1 Å². The normalized spacial score (nSPS) is 18.1. The van der Waals surface area contributed by atoms with Gasteiger partial charge in [-0.3, -0.25) is 4.90 Å². The molecule has 1 saturated heterocycles. The third kappa shape index (κ3) is 4.18. The van der Waals surface area contributed by atoms with Crippen molar-refractivity contribution in [3.05, 3.63) is 35.4 Å². The molecule has 1 aliphatic heterocycles. The van der Waals surface area contributed by atoms with E-state index >= 15 is 0 Å². The molecule has 3 nitrogen and oxygen atoms in total. The molecule has 1 atom stereocenters. The average molecular weight is 285 g/mol. The Morgan fingerprint density at radius 1 is 1.11 bits per heavy atom. The first-order valence-corrected chi connectivity index (χ1v) is 6.88. The van der Waals surface area contributed by atoms with Gasteiger partial charge < -0.3 is 10.4 Å². The Bertz CT molecular complexity index is 361. The van der Waals surface area contributed by atoms with Gasteiger partial charge in [0.1, 0.15) is 0 Å². The fraction of sp³-hybridized carbons (Fsp3) is 0.600. The summed E-state index contributed by atoms with van der Waals surface area (Å²) in [5.74, 6) is 0.561. The molecule has 0 saturated carbocycles. The molecule has 1 heterocycles. The fourth-order valence-corrected chi connectivity index (χ4v) is 2.53. The van der Waals surface area contributed by atoms with Gasteiger partial charge in [-0.1, -0.05) is 38.1 Å². The van der Waals surface area contributed by atoms with E-state index in [9.17, 15) is 5.11 Å². The highest BCUT2D eigenvalue weighted by Gasteiger charge is 2.21. The summed E-state index contributed by atoms with van der Waals surface area (Å²) in [6.45, 7) is 8.65. The predicted octanol–water partition coefficient (Wildman–Crippen LogP) is 2.17. The van der Waals surface area contributed by atoms with Crippen molar-refractivity contribution in [1.82, 2.24) is 10.2 Å². The first-order valence-electron chi connectivity index (χ1n) is 6.88. The molecule has 0 radical (unpaired) electrons. The van der Waals surface area contributed by atoms with E-state index in [0.29, 0.717) is 5.92 Å². The van der Waals surface area contributed by atoms with E-state index < -0.39 is 0 Å². The minimum Gasteiger partial charge on any atom is -0.394 e. The molecule has 108 valence electrons. The third-order valence-electron chi connectivity index (χ3n) is 3.75. The Kier molecular flexibility index (Phi) is 6.80. The number of nitrogens with one attached hydrogen (secondary N) is 1. The van der Waals surface area contributed by atoms with Crippen LogP contribution in [-0.2, 0) is 0 Å². The molecule has 2 N–H and O–H groups in total. The summed E-state index contributed by atoms with van der Waals surface area (Å²) in [5.41, 5.74) is 2.58. The number of hydrogen-bond donors (Lipinski definition) is 2. The number of halogens is 1. The Balaban J connectivity index is 0.00000180. The highest BCUT2D eigenvalue weighted by atomic mass is 35.5. The molecule has 1 aromatic rings. The van der Waals surface area contributed by atoms with E-state index in [1.807, 2.05) is 0 Å². The monoisotopic (exact) mass is 284 g/mol. The van der Waals surface area contributed by atoms with Crippen molar-refractivity contribution in [3.8, 4) is 0 Å². The zero-order valence-corrected chi connectivity index (χ0v) is 12.6. The first-order chi connectivity index (χ1) is 8.72. The van der Waals surface area contributed by atoms with E-state index in [1.54, 1.807) is 0 Å². The average Bonchev–Trinajstić information content (AvgIpc) is 2.41. The lowest BCUT2D eigenvalue weighted by Gasteiger charge is -2.34. The van der Waals surface area contributed by atoms with Gasteiger partial charge in [0.25, 0.3) is 0 Å². The van der Waals surface area contributed by atoms with Gasteiger partial charge in [0.05, 0.1) is 12.6 Å². The summed E-state index contributed by atoms with van der Waals surface area (Å²) < 4.78 is 0. The van der Waals surface area contributed by atoms with Crippen LogP contribution in [0.25, 0.3) is 0 Å². The molecule has 0 amide bonds.